The van der Waals surface area contributed by atoms with Crippen LogP contribution in [0.15, 0.2) is 59.5 Å². The molecule has 1 N–H and O–H groups in total. The summed E-state index contributed by atoms with van der Waals surface area (Å²) in [4.78, 5) is 28.3. The van der Waals surface area contributed by atoms with Crippen molar-refractivity contribution >= 4 is 23.6 Å². The van der Waals surface area contributed by atoms with Crippen LogP contribution in [0, 0.1) is 0 Å². The summed E-state index contributed by atoms with van der Waals surface area (Å²) < 4.78 is 0. The summed E-state index contributed by atoms with van der Waals surface area (Å²) in [6.45, 7) is 1.98. The van der Waals surface area contributed by atoms with Gasteiger partial charge in [0, 0.05) is 18.0 Å². The summed E-state index contributed by atoms with van der Waals surface area (Å²) in [6, 6.07) is 17.7. The predicted molar refractivity (Wildman–Crippen MR) is 119 cm³/mol. The molecule has 2 aromatic carbocycles. The van der Waals surface area contributed by atoms with Crippen LogP contribution in [0.1, 0.15) is 61.0 Å². The molecule has 1 saturated carbocycles. The minimum absolute atomic E-state index is 0.0826. The number of nitrogens with one attached hydrogen (secondary N) is 1. The van der Waals surface area contributed by atoms with E-state index in [0.717, 1.165) is 23.3 Å². The standard InChI is InChI=1S/C24H30N2O2S/c1-18(19-11-5-3-6-12-19)25-24(28)21-15-9-10-16-22(21)29-17-23(27)26(2)20-13-7-4-8-14-20/h3,5-6,9-12,15-16,18,20H,4,7-8,13-14,17H2,1-2H3,(H,25,28). The highest BCUT2D eigenvalue weighted by Crippen LogP contribution is 2.26. The van der Waals surface area contributed by atoms with Crippen molar-refractivity contribution in [1.82, 2.24) is 10.2 Å². The molecule has 4 nitrogen and oxygen atoms in total. The van der Waals surface area contributed by atoms with Crippen LogP contribution in [0.2, 0.25) is 0 Å². The van der Waals surface area contributed by atoms with Gasteiger partial charge in [-0.2, -0.15) is 0 Å². The van der Waals surface area contributed by atoms with Gasteiger partial charge >= 0.3 is 0 Å². The molecule has 1 aliphatic rings. The molecular formula is C24H30N2O2S. The number of hydrogen-bond donors (Lipinski definition) is 1. The van der Waals surface area contributed by atoms with Gasteiger partial charge in [0.25, 0.3) is 5.91 Å². The van der Waals surface area contributed by atoms with E-state index in [4.69, 9.17) is 0 Å². The Morgan fingerprint density at radius 2 is 1.69 bits per heavy atom. The van der Waals surface area contributed by atoms with Crippen molar-refractivity contribution in [3.05, 3.63) is 65.7 Å². The lowest BCUT2D eigenvalue weighted by molar-refractivity contribution is -0.129. The van der Waals surface area contributed by atoms with Crippen LogP contribution in [0.4, 0.5) is 0 Å². The summed E-state index contributed by atoms with van der Waals surface area (Å²) in [5.74, 6) is 0.373. The fourth-order valence-corrected chi connectivity index (χ4v) is 4.77. The van der Waals surface area contributed by atoms with E-state index in [1.54, 1.807) is 0 Å². The van der Waals surface area contributed by atoms with E-state index < -0.39 is 0 Å². The van der Waals surface area contributed by atoms with Gasteiger partial charge in [-0.15, -0.1) is 11.8 Å². The quantitative estimate of drug-likeness (QED) is 0.649. The van der Waals surface area contributed by atoms with Crippen LogP contribution in [0.5, 0.6) is 0 Å². The van der Waals surface area contributed by atoms with Crippen molar-refractivity contribution in [2.24, 2.45) is 0 Å². The Balaban J connectivity index is 1.61. The van der Waals surface area contributed by atoms with Crippen LogP contribution in [-0.2, 0) is 4.79 Å². The molecule has 29 heavy (non-hydrogen) atoms. The van der Waals surface area contributed by atoms with Gasteiger partial charge in [0.2, 0.25) is 5.91 Å². The second kappa shape index (κ2) is 10.5. The molecule has 154 valence electrons. The van der Waals surface area contributed by atoms with Gasteiger partial charge in [-0.1, -0.05) is 61.7 Å². The highest BCUT2D eigenvalue weighted by Gasteiger charge is 2.22. The summed E-state index contributed by atoms with van der Waals surface area (Å²) in [5, 5.41) is 3.07. The van der Waals surface area contributed by atoms with Crippen molar-refractivity contribution in [3.8, 4) is 0 Å². The van der Waals surface area contributed by atoms with E-state index in [-0.39, 0.29) is 17.9 Å². The molecular weight excluding hydrogens is 380 g/mol. The van der Waals surface area contributed by atoms with E-state index in [2.05, 4.69) is 5.32 Å². The SMILES string of the molecule is CC(NC(=O)c1ccccc1SCC(=O)N(C)C1CCCCC1)c1ccccc1. The van der Waals surface area contributed by atoms with Gasteiger partial charge in [0.05, 0.1) is 17.4 Å². The Morgan fingerprint density at radius 1 is 1.03 bits per heavy atom. The van der Waals surface area contributed by atoms with Gasteiger partial charge in [-0.05, 0) is 37.5 Å². The van der Waals surface area contributed by atoms with E-state index >= 15 is 0 Å². The summed E-state index contributed by atoms with van der Waals surface area (Å²) >= 11 is 1.45. The minimum atomic E-state index is -0.113. The third-order valence-electron chi connectivity index (χ3n) is 5.65. The van der Waals surface area contributed by atoms with Crippen molar-refractivity contribution in [3.63, 3.8) is 0 Å². The molecule has 0 radical (unpaired) electrons. The number of thioether (sulfide) groups is 1. The van der Waals surface area contributed by atoms with E-state index in [0.29, 0.717) is 17.4 Å². The molecule has 3 rings (SSSR count). The Kier molecular flexibility index (Phi) is 7.76. The molecule has 0 bridgehead atoms. The van der Waals surface area contributed by atoms with Crippen LogP contribution >= 0.6 is 11.8 Å². The molecule has 1 atom stereocenters. The summed E-state index contributed by atoms with van der Waals surface area (Å²) in [5.41, 5.74) is 1.68. The van der Waals surface area contributed by atoms with E-state index in [1.807, 2.05) is 73.5 Å². The monoisotopic (exact) mass is 410 g/mol. The van der Waals surface area contributed by atoms with E-state index in [9.17, 15) is 9.59 Å². The van der Waals surface area contributed by atoms with Gasteiger partial charge in [0.1, 0.15) is 0 Å². The van der Waals surface area contributed by atoms with Gasteiger partial charge in [0.15, 0.2) is 0 Å². The molecule has 1 fully saturated rings. The number of carbonyl (C=O) groups is 2. The van der Waals surface area contributed by atoms with Crippen LogP contribution in [-0.4, -0.2) is 35.6 Å². The lowest BCUT2D eigenvalue weighted by Gasteiger charge is -2.31. The van der Waals surface area contributed by atoms with Crippen molar-refractivity contribution in [1.29, 1.82) is 0 Å². The first-order chi connectivity index (χ1) is 14.1. The number of benzene rings is 2. The third-order valence-corrected chi connectivity index (χ3v) is 6.70. The number of nitrogens with zero attached hydrogens (tertiary/aromatic N) is 1. The average molecular weight is 411 g/mol. The number of hydrogen-bond acceptors (Lipinski definition) is 3. The number of amides is 2. The zero-order valence-electron chi connectivity index (χ0n) is 17.3. The first-order valence-electron chi connectivity index (χ1n) is 10.4. The first kappa shape index (κ1) is 21.4. The van der Waals surface area contributed by atoms with Crippen molar-refractivity contribution < 1.29 is 9.59 Å². The Labute approximate surface area is 178 Å². The molecule has 0 aromatic heterocycles. The highest BCUT2D eigenvalue weighted by molar-refractivity contribution is 8.00. The van der Waals surface area contributed by atoms with Crippen LogP contribution in [0.3, 0.4) is 0 Å². The average Bonchev–Trinajstić information content (AvgIpc) is 2.78. The second-order valence-corrected chi connectivity index (χ2v) is 8.70. The first-order valence-corrected chi connectivity index (χ1v) is 11.4. The molecule has 1 aliphatic carbocycles. The van der Waals surface area contributed by atoms with Crippen molar-refractivity contribution in [2.45, 2.75) is 56.0 Å². The summed E-state index contributed by atoms with van der Waals surface area (Å²) in [7, 11) is 1.92. The fourth-order valence-electron chi connectivity index (χ4n) is 3.79. The molecule has 0 heterocycles. The smallest absolute Gasteiger partial charge is 0.252 e. The Bertz CT molecular complexity index is 819. The van der Waals surface area contributed by atoms with Crippen molar-refractivity contribution in [2.75, 3.05) is 12.8 Å². The molecule has 1 unspecified atom stereocenters. The maximum atomic E-state index is 12.9. The molecule has 5 heteroatoms. The number of carbonyl (C=O) groups excluding carboxylic acids is 2. The zero-order valence-corrected chi connectivity index (χ0v) is 18.1. The molecule has 0 aliphatic heterocycles. The summed E-state index contributed by atoms with van der Waals surface area (Å²) in [6.07, 6.45) is 5.89. The van der Waals surface area contributed by atoms with Gasteiger partial charge < -0.3 is 10.2 Å². The molecule has 2 aromatic rings. The topological polar surface area (TPSA) is 49.4 Å². The largest absolute Gasteiger partial charge is 0.345 e. The Morgan fingerprint density at radius 3 is 2.41 bits per heavy atom. The normalized spacial score (nSPS) is 15.5. The zero-order chi connectivity index (χ0) is 20.6. The Hall–Kier alpha value is -2.27. The predicted octanol–water partition coefficient (Wildman–Crippen LogP) is 5.06. The maximum absolute atomic E-state index is 12.9. The van der Waals surface area contributed by atoms with Gasteiger partial charge in [-0.3, -0.25) is 9.59 Å². The lowest BCUT2D eigenvalue weighted by atomic mass is 9.94. The highest BCUT2D eigenvalue weighted by atomic mass is 32.2. The fraction of sp³-hybridized carbons (Fsp3) is 0.417. The second-order valence-electron chi connectivity index (χ2n) is 7.69. The lowest BCUT2D eigenvalue weighted by Crippen LogP contribution is -2.39. The molecule has 0 saturated heterocycles. The maximum Gasteiger partial charge on any atom is 0.252 e. The molecule has 0 spiro atoms. The van der Waals surface area contributed by atoms with E-state index in [1.165, 1.54) is 31.0 Å². The number of rotatable bonds is 7. The van der Waals surface area contributed by atoms with Crippen LogP contribution < -0.4 is 5.32 Å². The minimum Gasteiger partial charge on any atom is -0.345 e. The molecule has 2 amide bonds. The van der Waals surface area contributed by atoms with Gasteiger partial charge in [-0.25, -0.2) is 0 Å². The third kappa shape index (κ3) is 5.86. The van der Waals surface area contributed by atoms with Crippen LogP contribution in [0.25, 0.3) is 0 Å².